The number of anilines is 1. The number of nitrogens with zero attached hydrogens (tertiary/aromatic N) is 2. The van der Waals surface area contributed by atoms with Crippen LogP contribution in [0.15, 0.2) is 0 Å². The van der Waals surface area contributed by atoms with E-state index in [9.17, 15) is 0 Å². The van der Waals surface area contributed by atoms with E-state index in [1.165, 1.54) is 11.5 Å². The maximum Gasteiger partial charge on any atom is 0.203 e. The molecule has 0 aliphatic carbocycles. The van der Waals surface area contributed by atoms with E-state index in [-0.39, 0.29) is 11.0 Å². The van der Waals surface area contributed by atoms with Gasteiger partial charge in [-0.25, -0.2) is 4.98 Å². The number of hydrogen-bond donors (Lipinski definition) is 2. The van der Waals surface area contributed by atoms with Crippen LogP contribution in [0.2, 0.25) is 0 Å². The van der Waals surface area contributed by atoms with Crippen LogP contribution in [0.1, 0.15) is 47.4 Å². The van der Waals surface area contributed by atoms with E-state index < -0.39 is 0 Å². The number of hydrogen-bond acceptors (Lipinski definition) is 5. The predicted octanol–water partition coefficient (Wildman–Crippen LogP) is 2.62. The SMILES string of the molecule is CC(C)C(C)(CN)Nc1nc(C(C)(C)C)ns1. The Hall–Kier alpha value is -0.680. The van der Waals surface area contributed by atoms with Crippen molar-refractivity contribution in [2.45, 2.75) is 52.5 Å². The highest BCUT2D eigenvalue weighted by molar-refractivity contribution is 7.09. The van der Waals surface area contributed by atoms with E-state index in [0.29, 0.717) is 12.5 Å². The molecule has 4 nitrogen and oxygen atoms in total. The van der Waals surface area contributed by atoms with Gasteiger partial charge in [0.05, 0.1) is 5.54 Å². The first kappa shape index (κ1) is 14.4. The van der Waals surface area contributed by atoms with Crippen molar-refractivity contribution < 1.29 is 0 Å². The summed E-state index contributed by atoms with van der Waals surface area (Å²) in [7, 11) is 0. The van der Waals surface area contributed by atoms with Gasteiger partial charge in [0, 0.05) is 23.5 Å². The Morgan fingerprint density at radius 1 is 1.29 bits per heavy atom. The van der Waals surface area contributed by atoms with E-state index in [1.807, 2.05) is 0 Å². The lowest BCUT2D eigenvalue weighted by Gasteiger charge is -2.33. The lowest BCUT2D eigenvalue weighted by atomic mass is 9.89. The van der Waals surface area contributed by atoms with Gasteiger partial charge in [0.2, 0.25) is 5.13 Å². The van der Waals surface area contributed by atoms with Gasteiger partial charge in [0.1, 0.15) is 5.82 Å². The predicted molar refractivity (Wildman–Crippen MR) is 74.5 cm³/mol. The maximum atomic E-state index is 5.84. The topological polar surface area (TPSA) is 63.8 Å². The quantitative estimate of drug-likeness (QED) is 0.869. The molecule has 1 unspecified atom stereocenters. The van der Waals surface area contributed by atoms with Gasteiger partial charge < -0.3 is 11.1 Å². The summed E-state index contributed by atoms with van der Waals surface area (Å²) >= 11 is 1.41. The van der Waals surface area contributed by atoms with Crippen molar-refractivity contribution in [1.29, 1.82) is 0 Å². The Bertz CT molecular complexity index is 367. The fourth-order valence-corrected chi connectivity index (χ4v) is 2.15. The van der Waals surface area contributed by atoms with E-state index in [1.54, 1.807) is 0 Å². The van der Waals surface area contributed by atoms with Crippen LogP contribution < -0.4 is 11.1 Å². The lowest BCUT2D eigenvalue weighted by molar-refractivity contribution is 0.382. The molecule has 1 atom stereocenters. The first-order valence-corrected chi connectivity index (χ1v) is 6.79. The molecule has 98 valence electrons. The zero-order valence-electron chi connectivity index (χ0n) is 11.7. The molecule has 1 aromatic rings. The van der Waals surface area contributed by atoms with Gasteiger partial charge in [-0.2, -0.15) is 4.37 Å². The first-order chi connectivity index (χ1) is 7.69. The summed E-state index contributed by atoms with van der Waals surface area (Å²) in [6, 6.07) is 0. The number of aromatic nitrogens is 2. The first-order valence-electron chi connectivity index (χ1n) is 6.01. The molecule has 1 heterocycles. The second-order valence-electron chi connectivity index (χ2n) is 6.07. The van der Waals surface area contributed by atoms with Crippen LogP contribution in [-0.4, -0.2) is 21.4 Å². The Morgan fingerprint density at radius 2 is 1.88 bits per heavy atom. The number of nitrogens with two attached hydrogens (primary N) is 1. The van der Waals surface area contributed by atoms with Crippen LogP contribution in [0, 0.1) is 5.92 Å². The molecule has 1 rings (SSSR count). The number of nitrogens with one attached hydrogen (secondary N) is 1. The summed E-state index contributed by atoms with van der Waals surface area (Å²) in [6.07, 6.45) is 0. The van der Waals surface area contributed by atoms with Crippen LogP contribution in [0.25, 0.3) is 0 Å². The molecule has 0 fully saturated rings. The molecule has 0 aliphatic rings. The summed E-state index contributed by atoms with van der Waals surface area (Å²) in [4.78, 5) is 4.54. The average molecular weight is 256 g/mol. The van der Waals surface area contributed by atoms with E-state index in [4.69, 9.17) is 5.73 Å². The average Bonchev–Trinajstić information content (AvgIpc) is 2.65. The molecule has 0 radical (unpaired) electrons. The molecule has 0 amide bonds. The van der Waals surface area contributed by atoms with Crippen molar-refractivity contribution in [3.63, 3.8) is 0 Å². The summed E-state index contributed by atoms with van der Waals surface area (Å²) in [6.45, 7) is 13.4. The summed E-state index contributed by atoms with van der Waals surface area (Å²) in [5.74, 6) is 1.32. The molecule has 17 heavy (non-hydrogen) atoms. The molecule has 0 bridgehead atoms. The van der Waals surface area contributed by atoms with Crippen molar-refractivity contribution in [2.24, 2.45) is 11.7 Å². The summed E-state index contributed by atoms with van der Waals surface area (Å²) in [5, 5.41) is 4.27. The Balaban J connectivity index is 2.86. The van der Waals surface area contributed by atoms with Crippen molar-refractivity contribution in [3.8, 4) is 0 Å². The van der Waals surface area contributed by atoms with Gasteiger partial charge in [-0.1, -0.05) is 34.6 Å². The van der Waals surface area contributed by atoms with Crippen molar-refractivity contribution in [3.05, 3.63) is 5.82 Å². The summed E-state index contributed by atoms with van der Waals surface area (Å²) < 4.78 is 4.39. The highest BCUT2D eigenvalue weighted by atomic mass is 32.1. The van der Waals surface area contributed by atoms with Crippen LogP contribution in [0.5, 0.6) is 0 Å². The third-order valence-corrected chi connectivity index (χ3v) is 3.82. The monoisotopic (exact) mass is 256 g/mol. The van der Waals surface area contributed by atoms with Gasteiger partial charge in [-0.3, -0.25) is 0 Å². The van der Waals surface area contributed by atoms with E-state index >= 15 is 0 Å². The minimum Gasteiger partial charge on any atom is -0.354 e. The van der Waals surface area contributed by atoms with Crippen LogP contribution in [0.3, 0.4) is 0 Å². The highest BCUT2D eigenvalue weighted by Crippen LogP contribution is 2.27. The smallest absolute Gasteiger partial charge is 0.203 e. The van der Waals surface area contributed by atoms with Crippen molar-refractivity contribution >= 4 is 16.7 Å². The second kappa shape index (κ2) is 4.90. The molecule has 0 aliphatic heterocycles. The molecule has 0 saturated heterocycles. The molecule has 5 heteroatoms. The normalized spacial score (nSPS) is 16.0. The molecule has 3 N–H and O–H groups in total. The third-order valence-electron chi connectivity index (χ3n) is 3.19. The van der Waals surface area contributed by atoms with Crippen LogP contribution in [-0.2, 0) is 5.41 Å². The van der Waals surface area contributed by atoms with Gasteiger partial charge in [0.25, 0.3) is 0 Å². The Labute approximate surface area is 108 Å². The fraction of sp³-hybridized carbons (Fsp3) is 0.833. The zero-order chi connectivity index (χ0) is 13.3. The van der Waals surface area contributed by atoms with Gasteiger partial charge in [-0.15, -0.1) is 0 Å². The largest absolute Gasteiger partial charge is 0.354 e. The minimum atomic E-state index is -0.130. The molecule has 1 aromatic heterocycles. The number of rotatable bonds is 4. The zero-order valence-corrected chi connectivity index (χ0v) is 12.5. The van der Waals surface area contributed by atoms with Crippen LogP contribution >= 0.6 is 11.5 Å². The molecular formula is C12H24N4S. The third kappa shape index (κ3) is 3.39. The van der Waals surface area contributed by atoms with Gasteiger partial charge >= 0.3 is 0 Å². The molecule has 0 spiro atoms. The Kier molecular flexibility index (Phi) is 4.15. The molecular weight excluding hydrogens is 232 g/mol. The van der Waals surface area contributed by atoms with Crippen molar-refractivity contribution in [2.75, 3.05) is 11.9 Å². The van der Waals surface area contributed by atoms with Crippen LogP contribution in [0.4, 0.5) is 5.13 Å². The maximum absolute atomic E-state index is 5.84. The standard InChI is InChI=1S/C12H24N4S/c1-8(2)12(6,7-13)15-10-14-9(16-17-10)11(3,4)5/h8H,7,13H2,1-6H3,(H,14,15,16). The van der Waals surface area contributed by atoms with E-state index in [0.717, 1.165) is 11.0 Å². The second-order valence-corrected chi connectivity index (χ2v) is 6.83. The minimum absolute atomic E-state index is 0.00657. The lowest BCUT2D eigenvalue weighted by Crippen LogP contribution is -2.47. The van der Waals surface area contributed by atoms with Crippen molar-refractivity contribution in [1.82, 2.24) is 9.36 Å². The highest BCUT2D eigenvalue weighted by Gasteiger charge is 2.28. The Morgan fingerprint density at radius 3 is 2.24 bits per heavy atom. The molecule has 0 saturated carbocycles. The van der Waals surface area contributed by atoms with Gasteiger partial charge in [0.15, 0.2) is 0 Å². The molecule has 0 aromatic carbocycles. The van der Waals surface area contributed by atoms with E-state index in [2.05, 4.69) is 56.2 Å². The van der Waals surface area contributed by atoms with Gasteiger partial charge in [-0.05, 0) is 12.8 Å². The fourth-order valence-electron chi connectivity index (χ4n) is 1.25. The summed E-state index contributed by atoms with van der Waals surface area (Å²) in [5.41, 5.74) is 5.71.